The van der Waals surface area contributed by atoms with Crippen molar-refractivity contribution >= 4 is 5.91 Å². The van der Waals surface area contributed by atoms with Crippen molar-refractivity contribution in [3.8, 4) is 0 Å². The molecule has 3 aliphatic rings. The van der Waals surface area contributed by atoms with E-state index in [1.807, 2.05) is 0 Å². The Labute approximate surface area is 133 Å². The summed E-state index contributed by atoms with van der Waals surface area (Å²) in [7, 11) is 1.73. The van der Waals surface area contributed by atoms with Crippen molar-refractivity contribution in [1.82, 2.24) is 4.90 Å². The summed E-state index contributed by atoms with van der Waals surface area (Å²) in [5, 5.41) is 0. The van der Waals surface area contributed by atoms with Crippen molar-refractivity contribution in [1.29, 1.82) is 0 Å². The number of methoxy groups -OCH3 is 1. The number of amides is 1. The van der Waals surface area contributed by atoms with Gasteiger partial charge in [0.05, 0.1) is 19.3 Å². The molecule has 0 aromatic carbocycles. The van der Waals surface area contributed by atoms with Gasteiger partial charge in [-0.15, -0.1) is 0 Å². The third kappa shape index (κ3) is 3.72. The number of carbonyl (C=O) groups is 1. The Balaban J connectivity index is 1.47. The Kier molecular flexibility index (Phi) is 5.19. The van der Waals surface area contributed by atoms with Crippen LogP contribution in [0.1, 0.15) is 51.4 Å². The van der Waals surface area contributed by atoms with Gasteiger partial charge in [0.15, 0.2) is 0 Å². The Morgan fingerprint density at radius 2 is 2.23 bits per heavy atom. The fraction of sp³-hybridized carbons (Fsp3) is 0.833. The van der Waals surface area contributed by atoms with Gasteiger partial charge in [-0.2, -0.15) is 0 Å². The van der Waals surface area contributed by atoms with Gasteiger partial charge in [0.1, 0.15) is 0 Å². The molecule has 2 fully saturated rings. The minimum Gasteiger partial charge on any atom is -0.382 e. The topological polar surface area (TPSA) is 38.8 Å². The predicted molar refractivity (Wildman–Crippen MR) is 85.6 cm³/mol. The molecule has 2 saturated heterocycles. The van der Waals surface area contributed by atoms with Crippen LogP contribution in [0.4, 0.5) is 0 Å². The highest BCUT2D eigenvalue weighted by Gasteiger charge is 2.42. The minimum absolute atomic E-state index is 0.250. The molecule has 1 atom stereocenters. The highest BCUT2D eigenvalue weighted by atomic mass is 16.5. The standard InChI is InChI=1S/C18H29NO3/c1-21-13-16-12-18(14-22-16)7-9-19(10-8-18)17(20)11-15-5-3-2-4-6-15/h5,16H,2-4,6-14H2,1H3/t16-/m1/s1. The molecule has 4 nitrogen and oxygen atoms in total. The van der Waals surface area contributed by atoms with Crippen LogP contribution in [0.15, 0.2) is 11.6 Å². The monoisotopic (exact) mass is 307 g/mol. The van der Waals surface area contributed by atoms with Crippen LogP contribution in [0.2, 0.25) is 0 Å². The average molecular weight is 307 g/mol. The largest absolute Gasteiger partial charge is 0.382 e. The summed E-state index contributed by atoms with van der Waals surface area (Å²) < 4.78 is 11.1. The molecular formula is C18H29NO3. The van der Waals surface area contributed by atoms with E-state index >= 15 is 0 Å². The van der Waals surface area contributed by atoms with E-state index in [1.165, 1.54) is 18.4 Å². The molecule has 0 bridgehead atoms. The normalized spacial score (nSPS) is 28.0. The zero-order valence-electron chi connectivity index (χ0n) is 13.8. The lowest BCUT2D eigenvalue weighted by Gasteiger charge is -2.38. The van der Waals surface area contributed by atoms with Gasteiger partial charge in [0.25, 0.3) is 0 Å². The Hall–Kier alpha value is -0.870. The summed E-state index contributed by atoms with van der Waals surface area (Å²) >= 11 is 0. The van der Waals surface area contributed by atoms with E-state index < -0.39 is 0 Å². The van der Waals surface area contributed by atoms with E-state index in [0.717, 1.165) is 51.8 Å². The first-order valence-electron chi connectivity index (χ1n) is 8.77. The molecule has 22 heavy (non-hydrogen) atoms. The van der Waals surface area contributed by atoms with E-state index in [2.05, 4.69) is 11.0 Å². The second kappa shape index (κ2) is 7.14. The van der Waals surface area contributed by atoms with Crippen LogP contribution in [-0.4, -0.2) is 50.3 Å². The van der Waals surface area contributed by atoms with Crippen LogP contribution < -0.4 is 0 Å². The van der Waals surface area contributed by atoms with Gasteiger partial charge in [0, 0.05) is 26.6 Å². The van der Waals surface area contributed by atoms with Gasteiger partial charge in [-0.05, 0) is 50.4 Å². The third-order valence-electron chi connectivity index (χ3n) is 5.58. The highest BCUT2D eigenvalue weighted by Crippen LogP contribution is 2.42. The molecule has 124 valence electrons. The molecule has 1 spiro atoms. The molecule has 4 heteroatoms. The molecule has 0 aromatic heterocycles. The van der Waals surface area contributed by atoms with Crippen LogP contribution in [0.3, 0.4) is 0 Å². The van der Waals surface area contributed by atoms with Crippen LogP contribution >= 0.6 is 0 Å². The Morgan fingerprint density at radius 3 is 2.91 bits per heavy atom. The van der Waals surface area contributed by atoms with Crippen molar-refractivity contribution in [3.63, 3.8) is 0 Å². The van der Waals surface area contributed by atoms with Crippen LogP contribution in [-0.2, 0) is 14.3 Å². The van der Waals surface area contributed by atoms with Gasteiger partial charge in [-0.1, -0.05) is 11.6 Å². The highest BCUT2D eigenvalue weighted by molar-refractivity contribution is 5.78. The second-order valence-corrected chi connectivity index (χ2v) is 7.26. The van der Waals surface area contributed by atoms with Crippen LogP contribution in [0, 0.1) is 5.41 Å². The van der Waals surface area contributed by atoms with Crippen LogP contribution in [0.25, 0.3) is 0 Å². The predicted octanol–water partition coefficient (Wildman–Crippen LogP) is 2.92. The van der Waals surface area contributed by atoms with Crippen molar-refractivity contribution < 1.29 is 14.3 Å². The van der Waals surface area contributed by atoms with Crippen molar-refractivity contribution in [2.24, 2.45) is 5.41 Å². The fourth-order valence-corrected chi connectivity index (χ4v) is 4.14. The number of likely N-dealkylation sites (tertiary alicyclic amines) is 1. The summed E-state index contributed by atoms with van der Waals surface area (Å²) in [5.74, 6) is 0.329. The number of hydrogen-bond acceptors (Lipinski definition) is 3. The number of nitrogens with zero attached hydrogens (tertiary/aromatic N) is 1. The second-order valence-electron chi connectivity index (χ2n) is 7.26. The SMILES string of the molecule is COC[C@H]1CC2(CCN(C(=O)CC3=CCCCC3)CC2)CO1. The van der Waals surface area contributed by atoms with Gasteiger partial charge in [-0.3, -0.25) is 4.79 Å². The summed E-state index contributed by atoms with van der Waals surface area (Å²) in [6.07, 6.45) is 11.2. The molecular weight excluding hydrogens is 278 g/mol. The maximum Gasteiger partial charge on any atom is 0.226 e. The van der Waals surface area contributed by atoms with Gasteiger partial charge >= 0.3 is 0 Å². The summed E-state index contributed by atoms with van der Waals surface area (Å²) in [5.41, 5.74) is 1.66. The lowest BCUT2D eigenvalue weighted by Crippen LogP contribution is -2.43. The first kappa shape index (κ1) is 16.0. The Bertz CT molecular complexity index is 424. The van der Waals surface area contributed by atoms with E-state index in [-0.39, 0.29) is 6.10 Å². The Morgan fingerprint density at radius 1 is 1.41 bits per heavy atom. The number of piperidine rings is 1. The molecule has 0 saturated carbocycles. The number of hydrogen-bond donors (Lipinski definition) is 0. The number of rotatable bonds is 4. The molecule has 0 radical (unpaired) electrons. The number of ether oxygens (including phenoxy) is 2. The zero-order valence-corrected chi connectivity index (χ0v) is 13.8. The fourth-order valence-electron chi connectivity index (χ4n) is 4.14. The molecule has 0 unspecified atom stereocenters. The van der Waals surface area contributed by atoms with E-state index in [1.54, 1.807) is 7.11 Å². The van der Waals surface area contributed by atoms with Crippen molar-refractivity contribution in [2.75, 3.05) is 33.4 Å². The summed E-state index contributed by atoms with van der Waals surface area (Å²) in [6.45, 7) is 3.33. The molecule has 0 N–H and O–H groups in total. The molecule has 2 heterocycles. The summed E-state index contributed by atoms with van der Waals surface area (Å²) in [4.78, 5) is 14.5. The average Bonchev–Trinajstić information content (AvgIpc) is 2.92. The summed E-state index contributed by atoms with van der Waals surface area (Å²) in [6, 6.07) is 0. The van der Waals surface area contributed by atoms with Gasteiger partial charge < -0.3 is 14.4 Å². The quantitative estimate of drug-likeness (QED) is 0.750. The molecule has 2 aliphatic heterocycles. The molecule has 0 aromatic rings. The van der Waals surface area contributed by atoms with Crippen molar-refractivity contribution in [3.05, 3.63) is 11.6 Å². The van der Waals surface area contributed by atoms with E-state index in [0.29, 0.717) is 24.3 Å². The number of allylic oxidation sites excluding steroid dienone is 1. The maximum atomic E-state index is 12.5. The van der Waals surface area contributed by atoms with Gasteiger partial charge in [-0.25, -0.2) is 0 Å². The molecule has 3 rings (SSSR count). The third-order valence-corrected chi connectivity index (χ3v) is 5.58. The smallest absolute Gasteiger partial charge is 0.226 e. The molecule has 1 aliphatic carbocycles. The van der Waals surface area contributed by atoms with E-state index in [9.17, 15) is 4.79 Å². The van der Waals surface area contributed by atoms with E-state index in [4.69, 9.17) is 9.47 Å². The minimum atomic E-state index is 0.250. The maximum absolute atomic E-state index is 12.5. The molecule has 1 amide bonds. The van der Waals surface area contributed by atoms with Crippen LogP contribution in [0.5, 0.6) is 0 Å². The first-order valence-corrected chi connectivity index (χ1v) is 8.77. The number of carbonyl (C=O) groups excluding carboxylic acids is 1. The van der Waals surface area contributed by atoms with Gasteiger partial charge in [0.2, 0.25) is 5.91 Å². The van der Waals surface area contributed by atoms with Crippen molar-refractivity contribution in [2.45, 2.75) is 57.5 Å². The lowest BCUT2D eigenvalue weighted by molar-refractivity contribution is -0.132. The first-order chi connectivity index (χ1) is 10.7. The lowest BCUT2D eigenvalue weighted by atomic mass is 9.76. The zero-order chi connectivity index (χ0) is 15.4.